The molecule has 4 heteroatoms. The van der Waals surface area contributed by atoms with Gasteiger partial charge in [-0.15, -0.1) is 0 Å². The van der Waals surface area contributed by atoms with Crippen LogP contribution in [0.3, 0.4) is 0 Å². The summed E-state index contributed by atoms with van der Waals surface area (Å²) in [5.74, 6) is 2.10. The van der Waals surface area contributed by atoms with Crippen LogP contribution in [-0.4, -0.2) is 24.0 Å². The Morgan fingerprint density at radius 3 is 2.50 bits per heavy atom. The quantitative estimate of drug-likeness (QED) is 0.689. The minimum absolute atomic E-state index is 0.303. The van der Waals surface area contributed by atoms with Crippen molar-refractivity contribution in [1.82, 2.24) is 5.32 Å². The van der Waals surface area contributed by atoms with Crippen molar-refractivity contribution in [2.24, 2.45) is 11.7 Å². The number of benzene rings is 1. The molecule has 0 aromatic heterocycles. The van der Waals surface area contributed by atoms with E-state index in [9.17, 15) is 4.79 Å². The number of amides is 1. The summed E-state index contributed by atoms with van der Waals surface area (Å²) in [6, 6.07) is 9.78. The van der Waals surface area contributed by atoms with Crippen LogP contribution >= 0.6 is 11.8 Å². The molecular weight excluding hydrogens is 268 g/mol. The summed E-state index contributed by atoms with van der Waals surface area (Å²) in [6.07, 6.45) is 1.15. The molecule has 0 saturated heterocycles. The third-order valence-electron chi connectivity index (χ3n) is 3.32. The first-order valence-corrected chi connectivity index (χ1v) is 8.36. The van der Waals surface area contributed by atoms with Gasteiger partial charge in [0.1, 0.15) is 5.54 Å². The Balaban J connectivity index is 2.86. The van der Waals surface area contributed by atoms with E-state index in [-0.39, 0.29) is 5.91 Å². The highest BCUT2D eigenvalue weighted by Gasteiger charge is 2.37. The molecule has 112 valence electrons. The normalized spacial score (nSPS) is 14.2. The zero-order valence-corrected chi connectivity index (χ0v) is 13.5. The van der Waals surface area contributed by atoms with Gasteiger partial charge in [0.05, 0.1) is 0 Å². The molecule has 1 atom stereocenters. The molecule has 0 bridgehead atoms. The number of carbonyl (C=O) groups is 1. The Kier molecular flexibility index (Phi) is 7.10. The minimum Gasteiger partial charge on any atom is -0.368 e. The van der Waals surface area contributed by atoms with Gasteiger partial charge in [0, 0.05) is 5.75 Å². The van der Waals surface area contributed by atoms with Crippen LogP contribution in [0.5, 0.6) is 0 Å². The predicted octanol–water partition coefficient (Wildman–Crippen LogP) is 2.76. The Morgan fingerprint density at radius 2 is 2.00 bits per heavy atom. The number of nitrogens with two attached hydrogens (primary N) is 1. The summed E-state index contributed by atoms with van der Waals surface area (Å²) < 4.78 is 0. The van der Waals surface area contributed by atoms with Gasteiger partial charge in [0.15, 0.2) is 0 Å². The van der Waals surface area contributed by atoms with Gasteiger partial charge < -0.3 is 5.73 Å². The van der Waals surface area contributed by atoms with Crippen molar-refractivity contribution >= 4 is 17.7 Å². The van der Waals surface area contributed by atoms with Gasteiger partial charge in [-0.05, 0) is 30.2 Å². The Hall–Kier alpha value is -1.00. The average Bonchev–Trinajstić information content (AvgIpc) is 2.42. The fraction of sp³-hybridized carbons (Fsp3) is 0.562. The summed E-state index contributed by atoms with van der Waals surface area (Å²) in [7, 11) is 0. The van der Waals surface area contributed by atoms with Gasteiger partial charge in [-0.3, -0.25) is 10.1 Å². The molecule has 0 fully saturated rings. The molecule has 1 aromatic rings. The van der Waals surface area contributed by atoms with Crippen LogP contribution < -0.4 is 11.1 Å². The summed E-state index contributed by atoms with van der Waals surface area (Å²) in [6.45, 7) is 7.13. The number of likely N-dealkylation sites (N-methyl/N-ethyl adjacent to an activating group) is 1. The van der Waals surface area contributed by atoms with Crippen molar-refractivity contribution in [1.29, 1.82) is 0 Å². The molecule has 0 radical (unpaired) electrons. The summed E-state index contributed by atoms with van der Waals surface area (Å²) in [4.78, 5) is 12.1. The zero-order valence-electron chi connectivity index (χ0n) is 12.7. The SMILES string of the molecule is CCNC(CSCCC(C)C)(C(N)=O)c1ccccc1. The van der Waals surface area contributed by atoms with E-state index in [0.29, 0.717) is 18.2 Å². The minimum atomic E-state index is -0.766. The highest BCUT2D eigenvalue weighted by molar-refractivity contribution is 7.99. The van der Waals surface area contributed by atoms with E-state index in [4.69, 9.17) is 5.73 Å². The molecule has 1 rings (SSSR count). The lowest BCUT2D eigenvalue weighted by Crippen LogP contribution is -2.54. The molecule has 3 N–H and O–H groups in total. The van der Waals surface area contributed by atoms with E-state index >= 15 is 0 Å². The second-order valence-electron chi connectivity index (χ2n) is 5.40. The number of primary amides is 1. The first-order valence-electron chi connectivity index (χ1n) is 7.21. The first-order chi connectivity index (χ1) is 9.53. The molecule has 0 aliphatic heterocycles. The fourth-order valence-corrected chi connectivity index (χ4v) is 3.61. The standard InChI is InChI=1S/C16H26N2OS/c1-4-18-16(15(17)19,12-20-11-10-13(2)3)14-8-6-5-7-9-14/h5-9,13,18H,4,10-12H2,1-3H3,(H2,17,19). The van der Waals surface area contributed by atoms with E-state index in [1.165, 1.54) is 0 Å². The van der Waals surface area contributed by atoms with Gasteiger partial charge in [0.25, 0.3) is 0 Å². The lowest BCUT2D eigenvalue weighted by Gasteiger charge is -2.32. The monoisotopic (exact) mass is 294 g/mol. The largest absolute Gasteiger partial charge is 0.368 e. The van der Waals surface area contributed by atoms with Crippen molar-refractivity contribution < 1.29 is 4.79 Å². The van der Waals surface area contributed by atoms with Crippen LogP contribution in [-0.2, 0) is 10.3 Å². The maximum atomic E-state index is 12.1. The predicted molar refractivity (Wildman–Crippen MR) is 87.8 cm³/mol. The third-order valence-corrected chi connectivity index (χ3v) is 4.49. The molecule has 0 spiro atoms. The van der Waals surface area contributed by atoms with Gasteiger partial charge in [0.2, 0.25) is 5.91 Å². The molecule has 1 amide bonds. The molecular formula is C16H26N2OS. The average molecular weight is 294 g/mol. The highest BCUT2D eigenvalue weighted by Crippen LogP contribution is 2.26. The number of carbonyl (C=O) groups excluding carboxylic acids is 1. The van der Waals surface area contributed by atoms with Crippen molar-refractivity contribution in [3.05, 3.63) is 35.9 Å². The van der Waals surface area contributed by atoms with Gasteiger partial charge in [-0.2, -0.15) is 11.8 Å². The maximum Gasteiger partial charge on any atom is 0.243 e. The number of hydrogen-bond donors (Lipinski definition) is 2. The Morgan fingerprint density at radius 1 is 1.35 bits per heavy atom. The van der Waals surface area contributed by atoms with Gasteiger partial charge in [-0.25, -0.2) is 0 Å². The van der Waals surface area contributed by atoms with Crippen molar-refractivity contribution in [2.75, 3.05) is 18.1 Å². The van der Waals surface area contributed by atoms with E-state index in [1.807, 2.05) is 37.3 Å². The highest BCUT2D eigenvalue weighted by atomic mass is 32.2. The van der Waals surface area contributed by atoms with Crippen LogP contribution in [0, 0.1) is 5.92 Å². The number of thioether (sulfide) groups is 1. The van der Waals surface area contributed by atoms with Gasteiger partial charge >= 0.3 is 0 Å². The van der Waals surface area contributed by atoms with E-state index in [2.05, 4.69) is 19.2 Å². The molecule has 20 heavy (non-hydrogen) atoms. The number of hydrogen-bond acceptors (Lipinski definition) is 3. The Bertz CT molecular complexity index is 408. The van der Waals surface area contributed by atoms with Crippen molar-refractivity contribution in [3.8, 4) is 0 Å². The molecule has 0 aliphatic rings. The van der Waals surface area contributed by atoms with Crippen LogP contribution in [0.25, 0.3) is 0 Å². The second-order valence-corrected chi connectivity index (χ2v) is 6.51. The van der Waals surface area contributed by atoms with E-state index in [0.717, 1.165) is 17.7 Å². The smallest absolute Gasteiger partial charge is 0.243 e. The molecule has 0 saturated carbocycles. The van der Waals surface area contributed by atoms with E-state index in [1.54, 1.807) is 11.8 Å². The number of nitrogens with one attached hydrogen (secondary N) is 1. The Labute approximate surface area is 126 Å². The molecule has 1 unspecified atom stereocenters. The third kappa shape index (κ3) is 4.53. The summed E-state index contributed by atoms with van der Waals surface area (Å²) in [5.41, 5.74) is 5.90. The van der Waals surface area contributed by atoms with Gasteiger partial charge in [-0.1, -0.05) is 51.1 Å². The molecule has 1 aromatic carbocycles. The zero-order chi connectivity index (χ0) is 15.0. The number of rotatable bonds is 9. The lowest BCUT2D eigenvalue weighted by molar-refractivity contribution is -0.123. The lowest BCUT2D eigenvalue weighted by atomic mass is 9.91. The second kappa shape index (κ2) is 8.32. The maximum absolute atomic E-state index is 12.1. The molecule has 0 heterocycles. The van der Waals surface area contributed by atoms with E-state index < -0.39 is 5.54 Å². The van der Waals surface area contributed by atoms with Crippen LogP contribution in [0.1, 0.15) is 32.8 Å². The fourth-order valence-electron chi connectivity index (χ4n) is 2.11. The van der Waals surface area contributed by atoms with Crippen LogP contribution in [0.2, 0.25) is 0 Å². The first kappa shape index (κ1) is 17.1. The molecule has 0 aliphatic carbocycles. The van der Waals surface area contributed by atoms with Crippen LogP contribution in [0.15, 0.2) is 30.3 Å². The van der Waals surface area contributed by atoms with Crippen LogP contribution in [0.4, 0.5) is 0 Å². The topological polar surface area (TPSA) is 55.1 Å². The summed E-state index contributed by atoms with van der Waals surface area (Å²) in [5, 5.41) is 3.30. The van der Waals surface area contributed by atoms with Crippen molar-refractivity contribution in [3.63, 3.8) is 0 Å². The summed E-state index contributed by atoms with van der Waals surface area (Å²) >= 11 is 1.79. The molecule has 3 nitrogen and oxygen atoms in total. The van der Waals surface area contributed by atoms with Crippen molar-refractivity contribution in [2.45, 2.75) is 32.7 Å².